The molecule has 0 radical (unpaired) electrons. The summed E-state index contributed by atoms with van der Waals surface area (Å²) in [5.74, 6) is 2.70. The van der Waals surface area contributed by atoms with E-state index in [0.717, 1.165) is 0 Å². The van der Waals surface area contributed by atoms with Crippen LogP contribution in [0.5, 0.6) is 0 Å². The van der Waals surface area contributed by atoms with Crippen LogP contribution in [0.2, 0.25) is 0 Å². The molecule has 2 heteroatoms. The summed E-state index contributed by atoms with van der Waals surface area (Å²) in [6.07, 6.45) is 8.47. The van der Waals surface area contributed by atoms with Crippen molar-refractivity contribution in [2.24, 2.45) is 0 Å². The van der Waals surface area contributed by atoms with Gasteiger partial charge in [0, 0.05) is 10.9 Å². The molecule has 1 aromatic rings. The zero-order chi connectivity index (χ0) is 12.3. The highest BCUT2D eigenvalue weighted by Gasteiger charge is 2.17. The first kappa shape index (κ1) is 17.9. The first-order chi connectivity index (χ1) is 8.38. The van der Waals surface area contributed by atoms with Crippen LogP contribution in [0.25, 0.3) is 0 Å². The molecule has 0 saturated carbocycles. The molecule has 18 heavy (non-hydrogen) atoms. The van der Waals surface area contributed by atoms with Gasteiger partial charge in [0.1, 0.15) is 11.5 Å². The van der Waals surface area contributed by atoms with Crippen LogP contribution >= 0.6 is 0 Å². The van der Waals surface area contributed by atoms with Gasteiger partial charge in [-0.1, -0.05) is 50.8 Å². The normalized spacial score (nSPS) is 11.9. The third-order valence-electron chi connectivity index (χ3n) is 3.17. The lowest BCUT2D eigenvalue weighted by atomic mass is 10.1. The van der Waals surface area contributed by atoms with Crippen molar-refractivity contribution in [3.8, 4) is 0 Å². The largest absolute Gasteiger partial charge is 1.00 e. The quantitative estimate of drug-likeness (QED) is 0.481. The van der Waals surface area contributed by atoms with Gasteiger partial charge in [0.05, 0.1) is 0 Å². The zero-order valence-corrected chi connectivity index (χ0v) is 13.4. The van der Waals surface area contributed by atoms with Gasteiger partial charge in [-0.25, -0.2) is 0 Å². The summed E-state index contributed by atoms with van der Waals surface area (Å²) in [5.41, 5.74) is 0. The maximum Gasteiger partial charge on any atom is 0.154 e. The van der Waals surface area contributed by atoms with Crippen LogP contribution in [-0.4, -0.2) is 11.5 Å². The van der Waals surface area contributed by atoms with Gasteiger partial charge in [-0.3, -0.25) is 0 Å². The smallest absolute Gasteiger partial charge is 0.154 e. The molecule has 0 bridgehead atoms. The Bertz CT molecular complexity index is 274. The molecule has 0 nitrogen and oxygen atoms in total. The van der Waals surface area contributed by atoms with Crippen molar-refractivity contribution in [2.75, 3.05) is 11.5 Å². The highest BCUT2D eigenvalue weighted by atomic mass is 35.5. The van der Waals surface area contributed by atoms with E-state index in [2.05, 4.69) is 44.2 Å². The van der Waals surface area contributed by atoms with Crippen LogP contribution in [0.1, 0.15) is 52.4 Å². The molecule has 0 N–H and O–H groups in total. The van der Waals surface area contributed by atoms with E-state index in [1.54, 1.807) is 4.90 Å². The van der Waals surface area contributed by atoms with E-state index in [-0.39, 0.29) is 12.4 Å². The fraction of sp³-hybridized carbons (Fsp3) is 0.625. The molecular weight excluding hydrogens is 260 g/mol. The van der Waals surface area contributed by atoms with Crippen LogP contribution in [0.15, 0.2) is 35.2 Å². The summed E-state index contributed by atoms with van der Waals surface area (Å²) in [6.45, 7) is 4.61. The second kappa shape index (κ2) is 11.9. The monoisotopic (exact) mass is 286 g/mol. The van der Waals surface area contributed by atoms with Gasteiger partial charge in [0.15, 0.2) is 4.90 Å². The first-order valence-electron chi connectivity index (χ1n) is 7.11. The van der Waals surface area contributed by atoms with E-state index in [4.69, 9.17) is 0 Å². The molecule has 0 aliphatic heterocycles. The molecule has 1 aromatic carbocycles. The minimum atomic E-state index is 0. The molecule has 0 aliphatic rings. The minimum Gasteiger partial charge on any atom is -1.00 e. The predicted molar refractivity (Wildman–Crippen MR) is 80.9 cm³/mol. The molecule has 0 aromatic heterocycles. The SMILES string of the molecule is CCCCCCCC[S+](CC)c1ccccc1.[Cl-]. The van der Waals surface area contributed by atoms with E-state index in [1.165, 1.54) is 50.0 Å². The molecule has 0 saturated heterocycles. The van der Waals surface area contributed by atoms with Crippen molar-refractivity contribution in [3.05, 3.63) is 30.3 Å². The lowest BCUT2D eigenvalue weighted by molar-refractivity contribution is -0.00000369. The van der Waals surface area contributed by atoms with Crippen molar-refractivity contribution in [3.63, 3.8) is 0 Å². The lowest BCUT2D eigenvalue weighted by Gasteiger charge is -2.06. The highest BCUT2D eigenvalue weighted by molar-refractivity contribution is 7.96. The molecule has 104 valence electrons. The van der Waals surface area contributed by atoms with Gasteiger partial charge >= 0.3 is 0 Å². The number of hydrogen-bond acceptors (Lipinski definition) is 0. The molecule has 0 spiro atoms. The van der Waals surface area contributed by atoms with E-state index in [9.17, 15) is 0 Å². The Kier molecular flexibility index (Phi) is 11.8. The predicted octanol–water partition coefficient (Wildman–Crippen LogP) is 2.05. The van der Waals surface area contributed by atoms with Crippen molar-refractivity contribution < 1.29 is 12.4 Å². The maximum atomic E-state index is 2.33. The molecule has 0 aliphatic carbocycles. The van der Waals surface area contributed by atoms with Gasteiger partial charge in [0.25, 0.3) is 0 Å². The summed E-state index contributed by atoms with van der Waals surface area (Å²) >= 11 is 0. The maximum absolute atomic E-state index is 2.33. The fourth-order valence-corrected chi connectivity index (χ4v) is 4.05. The zero-order valence-electron chi connectivity index (χ0n) is 11.8. The van der Waals surface area contributed by atoms with Crippen molar-refractivity contribution in [2.45, 2.75) is 57.3 Å². The Balaban J connectivity index is 0.00000289. The number of halogens is 1. The third kappa shape index (κ3) is 7.33. The first-order valence-corrected chi connectivity index (χ1v) is 8.67. The van der Waals surface area contributed by atoms with E-state index >= 15 is 0 Å². The Morgan fingerprint density at radius 2 is 1.44 bits per heavy atom. The van der Waals surface area contributed by atoms with Gasteiger partial charge in [0.2, 0.25) is 0 Å². The number of rotatable bonds is 9. The molecule has 1 atom stereocenters. The van der Waals surface area contributed by atoms with Crippen LogP contribution in [-0.2, 0) is 10.9 Å². The van der Waals surface area contributed by atoms with Crippen molar-refractivity contribution in [1.82, 2.24) is 0 Å². The van der Waals surface area contributed by atoms with E-state index in [0.29, 0.717) is 10.9 Å². The van der Waals surface area contributed by atoms with E-state index in [1.807, 2.05) is 0 Å². The molecule has 1 rings (SSSR count). The van der Waals surface area contributed by atoms with Crippen molar-refractivity contribution >= 4 is 10.9 Å². The Morgan fingerprint density at radius 3 is 2.06 bits per heavy atom. The number of unbranched alkanes of at least 4 members (excludes halogenated alkanes) is 5. The molecule has 1 unspecified atom stereocenters. The fourth-order valence-electron chi connectivity index (χ4n) is 2.10. The van der Waals surface area contributed by atoms with Crippen LogP contribution in [0, 0.1) is 0 Å². The third-order valence-corrected chi connectivity index (χ3v) is 5.59. The number of hydrogen-bond donors (Lipinski definition) is 0. The molecule has 0 fully saturated rings. The topological polar surface area (TPSA) is 0 Å². The average Bonchev–Trinajstić information content (AvgIpc) is 2.39. The minimum absolute atomic E-state index is 0. The standard InChI is InChI=1S/C16H27S.ClH/c1-3-5-6-7-8-12-15-17(4-2)16-13-10-9-11-14-16;/h9-11,13-14H,3-8,12,15H2,1-2H3;1H/q+1;/p-1. The Hall–Kier alpha value is -0.140. The summed E-state index contributed by atoms with van der Waals surface area (Å²) < 4.78 is 0. The second-order valence-electron chi connectivity index (χ2n) is 4.57. The van der Waals surface area contributed by atoms with E-state index < -0.39 is 0 Å². The molecule has 0 heterocycles. The van der Waals surface area contributed by atoms with Crippen LogP contribution in [0.4, 0.5) is 0 Å². The summed E-state index contributed by atoms with van der Waals surface area (Å²) in [7, 11) is 0.498. The van der Waals surface area contributed by atoms with Gasteiger partial charge in [-0.2, -0.15) is 0 Å². The Morgan fingerprint density at radius 1 is 0.833 bits per heavy atom. The van der Waals surface area contributed by atoms with Gasteiger partial charge in [-0.05, 0) is 31.9 Å². The van der Waals surface area contributed by atoms with Crippen LogP contribution < -0.4 is 12.4 Å². The van der Waals surface area contributed by atoms with Crippen molar-refractivity contribution in [1.29, 1.82) is 0 Å². The molecule has 0 amide bonds. The molecular formula is C16H27ClS. The summed E-state index contributed by atoms with van der Waals surface area (Å²) in [5, 5.41) is 0. The van der Waals surface area contributed by atoms with Gasteiger partial charge in [-0.15, -0.1) is 0 Å². The van der Waals surface area contributed by atoms with Crippen LogP contribution in [0.3, 0.4) is 0 Å². The van der Waals surface area contributed by atoms with Gasteiger partial charge < -0.3 is 12.4 Å². The highest BCUT2D eigenvalue weighted by Crippen LogP contribution is 2.16. The summed E-state index contributed by atoms with van der Waals surface area (Å²) in [6, 6.07) is 11.1. The number of benzene rings is 1. The second-order valence-corrected chi connectivity index (χ2v) is 7.01. The summed E-state index contributed by atoms with van der Waals surface area (Å²) in [4.78, 5) is 1.56. The lowest BCUT2D eigenvalue weighted by Crippen LogP contribution is -3.00. The Labute approximate surface area is 122 Å². The average molecular weight is 287 g/mol.